The number of hydrogen-bond donors (Lipinski definition) is 2. The fourth-order valence-electron chi connectivity index (χ4n) is 2.02. The van der Waals surface area contributed by atoms with E-state index in [2.05, 4.69) is 15.2 Å². The Morgan fingerprint density at radius 1 is 1.39 bits per heavy atom. The molecular weight excluding hydrogens is 230 g/mol. The molecular formula is C12H19N5O. The lowest BCUT2D eigenvalue weighted by Crippen LogP contribution is -2.51. The van der Waals surface area contributed by atoms with Gasteiger partial charge in [0.05, 0.1) is 0 Å². The third-order valence-corrected chi connectivity index (χ3v) is 3.15. The predicted octanol–water partition coefficient (Wildman–Crippen LogP) is 0.00170. The molecule has 1 aliphatic heterocycles. The molecule has 1 fully saturated rings. The summed E-state index contributed by atoms with van der Waals surface area (Å²) in [5, 5.41) is 2.64. The summed E-state index contributed by atoms with van der Waals surface area (Å²) in [5.41, 5.74) is 6.57. The zero-order valence-electron chi connectivity index (χ0n) is 10.6. The van der Waals surface area contributed by atoms with Crippen molar-refractivity contribution in [2.24, 2.45) is 5.73 Å². The van der Waals surface area contributed by atoms with E-state index >= 15 is 0 Å². The maximum atomic E-state index is 11.5. The summed E-state index contributed by atoms with van der Waals surface area (Å²) in [6, 6.07) is 3.96. The summed E-state index contributed by atoms with van der Waals surface area (Å²) < 4.78 is 0. The van der Waals surface area contributed by atoms with Gasteiger partial charge in [0.25, 0.3) is 0 Å². The summed E-state index contributed by atoms with van der Waals surface area (Å²) in [6.45, 7) is 3.57. The Balaban J connectivity index is 1.94. The maximum Gasteiger partial charge on any atom is 0.317 e. The monoisotopic (exact) mass is 249 g/mol. The van der Waals surface area contributed by atoms with Gasteiger partial charge in [-0.15, -0.1) is 0 Å². The molecule has 2 heterocycles. The summed E-state index contributed by atoms with van der Waals surface area (Å²) in [6.07, 6.45) is 1.81. The lowest BCUT2D eigenvalue weighted by atomic mass is 10.2. The lowest BCUT2D eigenvalue weighted by molar-refractivity contribution is 0.196. The van der Waals surface area contributed by atoms with Gasteiger partial charge in [0, 0.05) is 46.0 Å². The number of nitrogens with zero attached hydrogens (tertiary/aromatic N) is 3. The Morgan fingerprint density at radius 2 is 2.11 bits per heavy atom. The van der Waals surface area contributed by atoms with Gasteiger partial charge in [0.2, 0.25) is 0 Å². The van der Waals surface area contributed by atoms with Crippen LogP contribution < -0.4 is 16.0 Å². The molecule has 3 N–H and O–H groups in total. The minimum absolute atomic E-state index is 0.0129. The van der Waals surface area contributed by atoms with E-state index in [9.17, 15) is 4.79 Å². The Bertz CT molecular complexity index is 397. The summed E-state index contributed by atoms with van der Waals surface area (Å²) in [4.78, 5) is 19.8. The average Bonchev–Trinajstić information content (AvgIpc) is 2.47. The molecule has 0 saturated carbocycles. The first-order chi connectivity index (χ1) is 8.74. The zero-order chi connectivity index (χ0) is 13.0. The van der Waals surface area contributed by atoms with E-state index in [1.165, 1.54) is 0 Å². The van der Waals surface area contributed by atoms with Gasteiger partial charge in [0.15, 0.2) is 0 Å². The topological polar surface area (TPSA) is 74.5 Å². The van der Waals surface area contributed by atoms with Gasteiger partial charge >= 0.3 is 6.03 Å². The zero-order valence-corrected chi connectivity index (χ0v) is 10.6. The molecule has 1 aromatic heterocycles. The normalized spacial score (nSPS) is 15.7. The summed E-state index contributed by atoms with van der Waals surface area (Å²) in [5.74, 6) is 0.948. The first kappa shape index (κ1) is 12.6. The molecule has 0 spiro atoms. The number of aromatic nitrogens is 1. The van der Waals surface area contributed by atoms with E-state index in [-0.39, 0.29) is 6.03 Å². The third-order valence-electron chi connectivity index (χ3n) is 3.15. The molecule has 0 radical (unpaired) electrons. The van der Waals surface area contributed by atoms with Gasteiger partial charge in [-0.1, -0.05) is 6.07 Å². The van der Waals surface area contributed by atoms with Crippen LogP contribution in [-0.2, 0) is 6.54 Å². The van der Waals surface area contributed by atoms with Crippen LogP contribution in [0.3, 0.4) is 0 Å². The second-order valence-corrected chi connectivity index (χ2v) is 4.26. The summed E-state index contributed by atoms with van der Waals surface area (Å²) >= 11 is 0. The van der Waals surface area contributed by atoms with Gasteiger partial charge in [0.1, 0.15) is 5.82 Å². The van der Waals surface area contributed by atoms with Crippen LogP contribution in [0, 0.1) is 0 Å². The quantitative estimate of drug-likeness (QED) is 0.774. The molecule has 18 heavy (non-hydrogen) atoms. The first-order valence-corrected chi connectivity index (χ1v) is 6.11. The number of urea groups is 1. The van der Waals surface area contributed by atoms with Gasteiger partial charge in [-0.05, 0) is 11.6 Å². The molecule has 98 valence electrons. The van der Waals surface area contributed by atoms with Gasteiger partial charge in [-0.3, -0.25) is 0 Å². The van der Waals surface area contributed by atoms with E-state index < -0.39 is 0 Å². The molecule has 0 aromatic carbocycles. The van der Waals surface area contributed by atoms with Crippen molar-refractivity contribution < 1.29 is 4.79 Å². The van der Waals surface area contributed by atoms with Crippen molar-refractivity contribution in [3.8, 4) is 0 Å². The molecule has 0 unspecified atom stereocenters. The standard InChI is InChI=1S/C12H19N5O/c1-14-12(18)17-6-4-16(5-7-17)11-3-2-10(8-13)9-15-11/h2-3,9H,4-8,13H2,1H3,(H,14,18). The number of rotatable bonds is 2. The van der Waals surface area contributed by atoms with Crippen molar-refractivity contribution >= 4 is 11.8 Å². The SMILES string of the molecule is CNC(=O)N1CCN(c2ccc(CN)cn2)CC1. The van der Waals surface area contributed by atoms with E-state index in [1.807, 2.05) is 17.0 Å². The Labute approximate surface area is 107 Å². The highest BCUT2D eigenvalue weighted by Gasteiger charge is 2.20. The van der Waals surface area contributed by atoms with Crippen molar-refractivity contribution in [3.63, 3.8) is 0 Å². The minimum Gasteiger partial charge on any atom is -0.353 e. The Kier molecular flexibility index (Phi) is 3.99. The highest BCUT2D eigenvalue weighted by Crippen LogP contribution is 2.13. The molecule has 1 aromatic rings. The Hall–Kier alpha value is -1.82. The molecule has 1 saturated heterocycles. The second-order valence-electron chi connectivity index (χ2n) is 4.26. The number of pyridine rings is 1. The fourth-order valence-corrected chi connectivity index (χ4v) is 2.02. The molecule has 0 aliphatic carbocycles. The molecule has 2 rings (SSSR count). The van der Waals surface area contributed by atoms with Crippen LogP contribution in [0.4, 0.5) is 10.6 Å². The molecule has 0 bridgehead atoms. The van der Waals surface area contributed by atoms with E-state index in [0.29, 0.717) is 6.54 Å². The molecule has 6 heteroatoms. The number of carbonyl (C=O) groups is 1. The largest absolute Gasteiger partial charge is 0.353 e. The summed E-state index contributed by atoms with van der Waals surface area (Å²) in [7, 11) is 1.65. The molecule has 0 atom stereocenters. The number of amides is 2. The van der Waals surface area contributed by atoms with Crippen LogP contribution in [0.1, 0.15) is 5.56 Å². The number of nitrogens with two attached hydrogens (primary N) is 1. The van der Waals surface area contributed by atoms with Crippen LogP contribution in [0.25, 0.3) is 0 Å². The van der Waals surface area contributed by atoms with Crippen molar-refractivity contribution in [2.45, 2.75) is 6.54 Å². The first-order valence-electron chi connectivity index (χ1n) is 6.11. The third kappa shape index (κ3) is 2.70. The van der Waals surface area contributed by atoms with Crippen molar-refractivity contribution in [1.29, 1.82) is 0 Å². The minimum atomic E-state index is -0.0129. The van der Waals surface area contributed by atoms with Crippen LogP contribution in [0.5, 0.6) is 0 Å². The van der Waals surface area contributed by atoms with Gasteiger partial charge < -0.3 is 20.9 Å². The number of carbonyl (C=O) groups excluding carboxylic acids is 1. The van der Waals surface area contributed by atoms with Crippen LogP contribution in [0.15, 0.2) is 18.3 Å². The van der Waals surface area contributed by atoms with Crippen LogP contribution in [0.2, 0.25) is 0 Å². The Morgan fingerprint density at radius 3 is 2.61 bits per heavy atom. The molecule has 6 nitrogen and oxygen atoms in total. The van der Waals surface area contributed by atoms with E-state index in [4.69, 9.17) is 5.73 Å². The number of nitrogens with one attached hydrogen (secondary N) is 1. The van der Waals surface area contributed by atoms with Crippen LogP contribution >= 0.6 is 0 Å². The van der Waals surface area contributed by atoms with Gasteiger partial charge in [-0.25, -0.2) is 9.78 Å². The average molecular weight is 249 g/mol. The number of piperazine rings is 1. The highest BCUT2D eigenvalue weighted by molar-refractivity contribution is 5.74. The predicted molar refractivity (Wildman–Crippen MR) is 70.4 cm³/mol. The maximum absolute atomic E-state index is 11.5. The second kappa shape index (κ2) is 5.68. The van der Waals surface area contributed by atoms with Gasteiger partial charge in [-0.2, -0.15) is 0 Å². The van der Waals surface area contributed by atoms with Crippen molar-refractivity contribution in [1.82, 2.24) is 15.2 Å². The molecule has 2 amide bonds. The van der Waals surface area contributed by atoms with Crippen LogP contribution in [-0.4, -0.2) is 49.1 Å². The smallest absolute Gasteiger partial charge is 0.317 e. The fraction of sp³-hybridized carbons (Fsp3) is 0.500. The van der Waals surface area contributed by atoms with Crippen molar-refractivity contribution in [3.05, 3.63) is 23.9 Å². The molecule has 1 aliphatic rings. The van der Waals surface area contributed by atoms with Crippen molar-refractivity contribution in [2.75, 3.05) is 38.1 Å². The lowest BCUT2D eigenvalue weighted by Gasteiger charge is -2.35. The number of anilines is 1. The van der Waals surface area contributed by atoms with E-state index in [1.54, 1.807) is 13.2 Å². The number of hydrogen-bond acceptors (Lipinski definition) is 4. The highest BCUT2D eigenvalue weighted by atomic mass is 16.2. The van der Waals surface area contributed by atoms with E-state index in [0.717, 1.165) is 37.6 Å².